The van der Waals surface area contributed by atoms with Crippen LogP contribution in [0.3, 0.4) is 0 Å². The molecule has 0 saturated heterocycles. The molecule has 0 amide bonds. The number of thiophene rings is 1. The predicted octanol–water partition coefficient (Wildman–Crippen LogP) is 3.19. The minimum atomic E-state index is -0.789. The summed E-state index contributed by atoms with van der Waals surface area (Å²) >= 11 is 6.33. The molecule has 0 aliphatic heterocycles. The number of hydrogen-bond donors (Lipinski definition) is 0. The van der Waals surface area contributed by atoms with Crippen molar-refractivity contribution in [3.8, 4) is 0 Å². The standard InChI is InChI=1S/C9H4ClNO3S/c10-9(12)8-7(11(13)14)5-3-1-2-4-6(5)15-8/h1-4H. The number of halogens is 1. The highest BCUT2D eigenvalue weighted by Crippen LogP contribution is 2.37. The molecule has 0 atom stereocenters. The second-order valence-corrected chi connectivity index (χ2v) is 4.20. The zero-order valence-electron chi connectivity index (χ0n) is 7.27. The Hall–Kier alpha value is -1.46. The third kappa shape index (κ3) is 1.60. The first-order valence-corrected chi connectivity index (χ1v) is 5.16. The molecule has 1 aromatic heterocycles. The summed E-state index contributed by atoms with van der Waals surface area (Å²) in [7, 11) is 0. The van der Waals surface area contributed by atoms with Crippen molar-refractivity contribution < 1.29 is 9.72 Å². The Morgan fingerprint density at radius 1 is 1.40 bits per heavy atom. The van der Waals surface area contributed by atoms with Gasteiger partial charge in [-0.25, -0.2) is 0 Å². The summed E-state index contributed by atoms with van der Waals surface area (Å²) in [4.78, 5) is 21.2. The summed E-state index contributed by atoms with van der Waals surface area (Å²) in [6.07, 6.45) is 0. The quantitative estimate of drug-likeness (QED) is 0.461. The average Bonchev–Trinajstić information content (AvgIpc) is 2.56. The van der Waals surface area contributed by atoms with Crippen molar-refractivity contribution in [3.63, 3.8) is 0 Å². The van der Waals surface area contributed by atoms with Crippen LogP contribution in [0, 0.1) is 10.1 Å². The normalized spacial score (nSPS) is 10.5. The van der Waals surface area contributed by atoms with Gasteiger partial charge in [0.05, 0.1) is 10.3 Å². The minimum Gasteiger partial charge on any atom is -0.274 e. The van der Waals surface area contributed by atoms with E-state index in [0.29, 0.717) is 10.1 Å². The first-order valence-electron chi connectivity index (χ1n) is 3.97. The molecule has 0 fully saturated rings. The molecular formula is C9H4ClNO3S. The Bertz CT molecular complexity index is 563. The predicted molar refractivity (Wildman–Crippen MR) is 58.7 cm³/mol. The number of hydrogen-bond acceptors (Lipinski definition) is 4. The van der Waals surface area contributed by atoms with E-state index in [2.05, 4.69) is 0 Å². The van der Waals surface area contributed by atoms with E-state index in [1.807, 2.05) is 0 Å². The summed E-state index contributed by atoms with van der Waals surface area (Å²) < 4.78 is 0.688. The van der Waals surface area contributed by atoms with Gasteiger partial charge in [0.1, 0.15) is 0 Å². The van der Waals surface area contributed by atoms with Gasteiger partial charge in [-0.3, -0.25) is 14.9 Å². The number of carbonyl (C=O) groups excluding carboxylic acids is 1. The van der Waals surface area contributed by atoms with E-state index in [9.17, 15) is 14.9 Å². The molecule has 0 N–H and O–H groups in total. The highest BCUT2D eigenvalue weighted by Gasteiger charge is 2.25. The first kappa shape index (κ1) is 10.1. The largest absolute Gasteiger partial charge is 0.300 e. The third-order valence-electron chi connectivity index (χ3n) is 1.93. The van der Waals surface area contributed by atoms with Crippen LogP contribution in [0.2, 0.25) is 0 Å². The summed E-state index contributed by atoms with van der Waals surface area (Å²) in [6, 6.07) is 6.76. The molecule has 0 saturated carbocycles. The van der Waals surface area contributed by atoms with Gasteiger partial charge in [0, 0.05) is 4.70 Å². The number of nitrogens with zero attached hydrogens (tertiary/aromatic N) is 1. The van der Waals surface area contributed by atoms with Crippen LogP contribution in [-0.2, 0) is 0 Å². The Morgan fingerprint density at radius 2 is 2.07 bits per heavy atom. The second-order valence-electron chi connectivity index (χ2n) is 2.81. The Kier molecular flexibility index (Phi) is 2.42. The van der Waals surface area contributed by atoms with Crippen LogP contribution in [0.5, 0.6) is 0 Å². The Balaban J connectivity index is 2.86. The molecule has 0 aliphatic carbocycles. The van der Waals surface area contributed by atoms with Crippen molar-refractivity contribution in [3.05, 3.63) is 39.3 Å². The SMILES string of the molecule is O=C(Cl)c1sc2ccccc2c1[N+](=O)[O-]. The fourth-order valence-electron chi connectivity index (χ4n) is 1.35. The van der Waals surface area contributed by atoms with E-state index in [-0.39, 0.29) is 10.6 Å². The number of carbonyl (C=O) groups is 1. The Morgan fingerprint density at radius 3 is 2.67 bits per heavy atom. The summed E-state index contributed by atoms with van der Waals surface area (Å²) in [6.45, 7) is 0. The fraction of sp³-hybridized carbons (Fsp3) is 0. The summed E-state index contributed by atoms with van der Waals surface area (Å²) in [5, 5.41) is 10.5. The van der Waals surface area contributed by atoms with Crippen LogP contribution in [0.25, 0.3) is 10.1 Å². The number of nitro groups is 1. The smallest absolute Gasteiger partial charge is 0.274 e. The van der Waals surface area contributed by atoms with Gasteiger partial charge in [0.2, 0.25) is 0 Å². The van der Waals surface area contributed by atoms with Gasteiger partial charge in [-0.1, -0.05) is 12.1 Å². The number of fused-ring (bicyclic) bond motifs is 1. The lowest BCUT2D eigenvalue weighted by atomic mass is 10.2. The molecule has 15 heavy (non-hydrogen) atoms. The molecule has 0 spiro atoms. The van der Waals surface area contributed by atoms with E-state index in [1.54, 1.807) is 24.3 Å². The molecule has 2 aromatic rings. The summed E-state index contributed by atoms with van der Waals surface area (Å²) in [5.74, 6) is 0. The van der Waals surface area contributed by atoms with Crippen LogP contribution < -0.4 is 0 Å². The molecule has 2 rings (SSSR count). The number of rotatable bonds is 2. The molecule has 0 unspecified atom stereocenters. The van der Waals surface area contributed by atoms with E-state index in [0.717, 1.165) is 11.3 Å². The minimum absolute atomic E-state index is 0.0112. The van der Waals surface area contributed by atoms with E-state index >= 15 is 0 Å². The van der Waals surface area contributed by atoms with Gasteiger partial charge in [-0.2, -0.15) is 0 Å². The third-order valence-corrected chi connectivity index (χ3v) is 3.39. The van der Waals surface area contributed by atoms with Crippen molar-refractivity contribution in [2.75, 3.05) is 0 Å². The zero-order chi connectivity index (χ0) is 11.0. The molecule has 0 bridgehead atoms. The van der Waals surface area contributed by atoms with E-state index in [1.165, 1.54) is 0 Å². The molecule has 0 radical (unpaired) electrons. The van der Waals surface area contributed by atoms with Gasteiger partial charge in [-0.05, 0) is 23.7 Å². The zero-order valence-corrected chi connectivity index (χ0v) is 8.84. The summed E-state index contributed by atoms with van der Waals surface area (Å²) in [5.41, 5.74) is -0.199. The van der Waals surface area contributed by atoms with Crippen molar-refractivity contribution in [2.45, 2.75) is 0 Å². The van der Waals surface area contributed by atoms with Crippen LogP contribution in [-0.4, -0.2) is 10.2 Å². The highest BCUT2D eigenvalue weighted by molar-refractivity contribution is 7.22. The van der Waals surface area contributed by atoms with Crippen molar-refractivity contribution in [1.29, 1.82) is 0 Å². The molecule has 0 aliphatic rings. The molecule has 1 heterocycles. The molecule has 4 nitrogen and oxygen atoms in total. The first-order chi connectivity index (χ1) is 7.11. The van der Waals surface area contributed by atoms with Crippen LogP contribution in [0.4, 0.5) is 5.69 Å². The lowest BCUT2D eigenvalue weighted by Gasteiger charge is -1.89. The van der Waals surface area contributed by atoms with Gasteiger partial charge in [0.15, 0.2) is 4.88 Å². The van der Waals surface area contributed by atoms with Gasteiger partial charge >= 0.3 is 0 Å². The van der Waals surface area contributed by atoms with Gasteiger partial charge in [-0.15, -0.1) is 11.3 Å². The lowest BCUT2D eigenvalue weighted by Crippen LogP contribution is -1.93. The maximum atomic E-state index is 11.0. The molecular weight excluding hydrogens is 238 g/mol. The lowest BCUT2D eigenvalue weighted by molar-refractivity contribution is -0.382. The maximum Gasteiger partial charge on any atom is 0.300 e. The molecule has 76 valence electrons. The highest BCUT2D eigenvalue weighted by atomic mass is 35.5. The van der Waals surface area contributed by atoms with Crippen LogP contribution in [0.1, 0.15) is 9.67 Å². The van der Waals surface area contributed by atoms with Crippen LogP contribution >= 0.6 is 22.9 Å². The fourth-order valence-corrected chi connectivity index (χ4v) is 2.55. The monoisotopic (exact) mass is 241 g/mol. The van der Waals surface area contributed by atoms with Crippen molar-refractivity contribution in [1.82, 2.24) is 0 Å². The van der Waals surface area contributed by atoms with E-state index in [4.69, 9.17) is 11.6 Å². The Labute approximate surface area is 93.2 Å². The van der Waals surface area contributed by atoms with Gasteiger partial charge < -0.3 is 0 Å². The van der Waals surface area contributed by atoms with Crippen LogP contribution in [0.15, 0.2) is 24.3 Å². The topological polar surface area (TPSA) is 60.2 Å². The van der Waals surface area contributed by atoms with Gasteiger partial charge in [0.25, 0.3) is 10.9 Å². The number of benzene rings is 1. The van der Waals surface area contributed by atoms with Crippen molar-refractivity contribution >= 4 is 44.0 Å². The van der Waals surface area contributed by atoms with Crippen molar-refractivity contribution in [2.24, 2.45) is 0 Å². The molecule has 6 heteroatoms. The maximum absolute atomic E-state index is 11.0. The second kappa shape index (κ2) is 3.60. The molecule has 1 aromatic carbocycles. The van der Waals surface area contributed by atoms with E-state index < -0.39 is 10.2 Å². The average molecular weight is 242 g/mol.